The molecule has 1 aliphatic heterocycles. The van der Waals surface area contributed by atoms with Crippen molar-refractivity contribution in [2.24, 2.45) is 0 Å². The summed E-state index contributed by atoms with van der Waals surface area (Å²) in [4.78, 5) is 4.94. The van der Waals surface area contributed by atoms with Crippen LogP contribution in [0, 0.1) is 0 Å². The smallest absolute Gasteiger partial charge is 0.114 e. The van der Waals surface area contributed by atoms with Gasteiger partial charge in [0, 0.05) is 37.7 Å². The largest absolute Gasteiger partial charge is 0.376 e. The minimum absolute atomic E-state index is 0.0549. The molecular weight excluding hydrogens is 250 g/mol. The first-order valence-electron chi connectivity index (χ1n) is 7.80. The van der Waals surface area contributed by atoms with E-state index in [2.05, 4.69) is 30.7 Å². The number of methoxy groups -OCH3 is 1. The lowest BCUT2D eigenvalue weighted by atomic mass is 9.79. The summed E-state index contributed by atoms with van der Waals surface area (Å²) in [5.41, 5.74) is 2.80. The number of nitrogens with one attached hydrogen (secondary N) is 1. The van der Waals surface area contributed by atoms with Gasteiger partial charge in [0.15, 0.2) is 0 Å². The summed E-state index contributed by atoms with van der Waals surface area (Å²) in [7, 11) is 1.86. The second kappa shape index (κ2) is 4.85. The van der Waals surface area contributed by atoms with Crippen LogP contribution in [0.1, 0.15) is 57.2 Å². The van der Waals surface area contributed by atoms with E-state index < -0.39 is 0 Å². The monoisotopic (exact) mass is 277 g/mol. The summed E-state index contributed by atoms with van der Waals surface area (Å²) >= 11 is 0. The van der Waals surface area contributed by atoms with E-state index in [4.69, 9.17) is 9.72 Å². The first kappa shape index (κ1) is 14.1. The van der Waals surface area contributed by atoms with Gasteiger partial charge in [-0.3, -0.25) is 0 Å². The highest BCUT2D eigenvalue weighted by molar-refractivity contribution is 5.24. The van der Waals surface area contributed by atoms with Gasteiger partial charge in [-0.2, -0.15) is 0 Å². The maximum absolute atomic E-state index is 5.84. The fourth-order valence-corrected chi connectivity index (χ4v) is 3.40. The molecular formula is C16H27N3O. The van der Waals surface area contributed by atoms with Crippen LogP contribution < -0.4 is 5.32 Å². The molecule has 0 saturated heterocycles. The van der Waals surface area contributed by atoms with Crippen molar-refractivity contribution in [2.75, 3.05) is 13.7 Å². The zero-order chi connectivity index (χ0) is 14.4. The summed E-state index contributed by atoms with van der Waals surface area (Å²) in [5.74, 6) is 1.22. The number of ether oxygens (including phenoxy) is 1. The molecule has 20 heavy (non-hydrogen) atoms. The van der Waals surface area contributed by atoms with E-state index in [9.17, 15) is 0 Å². The molecule has 0 spiro atoms. The van der Waals surface area contributed by atoms with Crippen LogP contribution in [0.4, 0.5) is 0 Å². The van der Waals surface area contributed by atoms with E-state index in [1.807, 2.05) is 7.11 Å². The fraction of sp³-hybridized carbons (Fsp3) is 0.812. The summed E-state index contributed by atoms with van der Waals surface area (Å²) in [6, 6.07) is 0. The number of hydrogen-bond donors (Lipinski definition) is 1. The normalized spacial score (nSPS) is 21.4. The van der Waals surface area contributed by atoms with E-state index in [1.54, 1.807) is 0 Å². The minimum Gasteiger partial charge on any atom is -0.376 e. The molecule has 4 heteroatoms. The Hall–Kier alpha value is -0.870. The van der Waals surface area contributed by atoms with Crippen molar-refractivity contribution in [2.45, 2.75) is 70.6 Å². The predicted molar refractivity (Wildman–Crippen MR) is 79.9 cm³/mol. The Morgan fingerprint density at radius 1 is 1.35 bits per heavy atom. The lowest BCUT2D eigenvalue weighted by molar-refractivity contribution is -0.0846. The van der Waals surface area contributed by atoms with Crippen LogP contribution in [-0.4, -0.2) is 28.8 Å². The maximum atomic E-state index is 5.84. The Morgan fingerprint density at radius 2 is 2.10 bits per heavy atom. The fourth-order valence-electron chi connectivity index (χ4n) is 3.40. The van der Waals surface area contributed by atoms with Gasteiger partial charge in [-0.15, -0.1) is 0 Å². The van der Waals surface area contributed by atoms with Gasteiger partial charge in [0.2, 0.25) is 0 Å². The zero-order valence-corrected chi connectivity index (χ0v) is 13.3. The average Bonchev–Trinajstić information content (AvgIpc) is 2.72. The molecule has 0 atom stereocenters. The lowest BCUT2D eigenvalue weighted by Crippen LogP contribution is -2.44. The van der Waals surface area contributed by atoms with Gasteiger partial charge in [0.25, 0.3) is 0 Å². The molecule has 1 aromatic heterocycles. The number of hydrogen-bond acceptors (Lipinski definition) is 3. The number of aromatic nitrogens is 2. The van der Waals surface area contributed by atoms with E-state index in [-0.39, 0.29) is 11.0 Å². The second-order valence-corrected chi connectivity index (χ2v) is 7.33. The van der Waals surface area contributed by atoms with Crippen molar-refractivity contribution < 1.29 is 4.74 Å². The van der Waals surface area contributed by atoms with Gasteiger partial charge in [-0.25, -0.2) is 4.98 Å². The Kier molecular flexibility index (Phi) is 3.41. The van der Waals surface area contributed by atoms with Crippen LogP contribution in [0.5, 0.6) is 0 Å². The Morgan fingerprint density at radius 3 is 2.65 bits per heavy atom. The van der Waals surface area contributed by atoms with Crippen molar-refractivity contribution in [3.63, 3.8) is 0 Å². The van der Waals surface area contributed by atoms with E-state index in [0.717, 1.165) is 26.1 Å². The molecule has 1 saturated carbocycles. The summed E-state index contributed by atoms with van der Waals surface area (Å²) in [6.07, 6.45) is 4.73. The maximum Gasteiger partial charge on any atom is 0.114 e. The third-order valence-electron chi connectivity index (χ3n) is 4.80. The molecule has 112 valence electrons. The summed E-state index contributed by atoms with van der Waals surface area (Å²) in [5, 5.41) is 3.43. The third kappa shape index (κ3) is 2.29. The Bertz CT molecular complexity index is 489. The van der Waals surface area contributed by atoms with Gasteiger partial charge < -0.3 is 14.6 Å². The molecule has 2 heterocycles. The van der Waals surface area contributed by atoms with Crippen LogP contribution >= 0.6 is 0 Å². The molecule has 1 fully saturated rings. The molecule has 3 rings (SSSR count). The number of fused-ring (bicyclic) bond motifs is 1. The van der Waals surface area contributed by atoms with Gasteiger partial charge >= 0.3 is 0 Å². The summed E-state index contributed by atoms with van der Waals surface area (Å²) < 4.78 is 8.31. The lowest BCUT2D eigenvalue weighted by Gasteiger charge is -2.42. The molecule has 0 aromatic carbocycles. The number of rotatable bonds is 3. The summed E-state index contributed by atoms with van der Waals surface area (Å²) in [6.45, 7) is 9.70. The highest BCUT2D eigenvalue weighted by atomic mass is 16.5. The molecule has 0 radical (unpaired) electrons. The van der Waals surface area contributed by atoms with Gasteiger partial charge in [0.05, 0.1) is 17.8 Å². The van der Waals surface area contributed by atoms with E-state index in [1.165, 1.54) is 36.5 Å². The van der Waals surface area contributed by atoms with E-state index >= 15 is 0 Å². The van der Waals surface area contributed by atoms with Crippen LogP contribution in [-0.2, 0) is 29.7 Å². The predicted octanol–water partition coefficient (Wildman–Crippen LogP) is 2.40. The molecule has 1 N–H and O–H groups in total. The van der Waals surface area contributed by atoms with Crippen LogP contribution in [0.15, 0.2) is 0 Å². The van der Waals surface area contributed by atoms with Crippen molar-refractivity contribution in [3.05, 3.63) is 17.2 Å². The van der Waals surface area contributed by atoms with Gasteiger partial charge in [0.1, 0.15) is 5.82 Å². The third-order valence-corrected chi connectivity index (χ3v) is 4.80. The van der Waals surface area contributed by atoms with Crippen molar-refractivity contribution in [3.8, 4) is 0 Å². The standard InChI is InChI=1S/C16H27N3O/c1-15(2,3)14-18-12-10-17-9-6-13(12)19(14)11-16(20-4)7-5-8-16/h17H,5-11H2,1-4H3. The Labute approximate surface area is 121 Å². The molecule has 2 aliphatic rings. The van der Waals surface area contributed by atoms with E-state index in [0.29, 0.717) is 0 Å². The molecule has 1 aromatic rings. The average molecular weight is 277 g/mol. The molecule has 1 aliphatic carbocycles. The van der Waals surface area contributed by atoms with Gasteiger partial charge in [-0.05, 0) is 19.3 Å². The topological polar surface area (TPSA) is 39.1 Å². The first-order valence-corrected chi connectivity index (χ1v) is 7.80. The highest BCUT2D eigenvalue weighted by Gasteiger charge is 2.40. The van der Waals surface area contributed by atoms with Crippen LogP contribution in [0.2, 0.25) is 0 Å². The van der Waals surface area contributed by atoms with Crippen molar-refractivity contribution in [1.82, 2.24) is 14.9 Å². The zero-order valence-electron chi connectivity index (χ0n) is 13.3. The van der Waals surface area contributed by atoms with Crippen molar-refractivity contribution in [1.29, 1.82) is 0 Å². The van der Waals surface area contributed by atoms with Crippen LogP contribution in [0.25, 0.3) is 0 Å². The minimum atomic E-state index is 0.0549. The number of imidazole rings is 1. The first-order chi connectivity index (χ1) is 9.45. The molecule has 0 bridgehead atoms. The molecule has 0 amide bonds. The number of nitrogens with zero attached hydrogens (tertiary/aromatic N) is 2. The van der Waals surface area contributed by atoms with Crippen LogP contribution in [0.3, 0.4) is 0 Å². The quantitative estimate of drug-likeness (QED) is 0.922. The van der Waals surface area contributed by atoms with Gasteiger partial charge in [-0.1, -0.05) is 20.8 Å². The molecule has 0 unspecified atom stereocenters. The SMILES string of the molecule is COC1(Cn2c(C(C)(C)C)nc3c2CCNC3)CCC1. The second-order valence-electron chi connectivity index (χ2n) is 7.33. The Balaban J connectivity index is 2.00. The van der Waals surface area contributed by atoms with Crippen molar-refractivity contribution >= 4 is 0 Å². The highest BCUT2D eigenvalue weighted by Crippen LogP contribution is 2.38. The molecule has 4 nitrogen and oxygen atoms in total.